The number of carbonyl (C=O) groups excluding carboxylic acids is 1. The molecule has 0 spiro atoms. The molecule has 0 aromatic heterocycles. The number of amidine groups is 1. The zero-order valence-electron chi connectivity index (χ0n) is 13.4. The average Bonchev–Trinajstić information content (AvgIpc) is 2.95. The second-order valence-corrected chi connectivity index (χ2v) is 7.15. The predicted molar refractivity (Wildman–Crippen MR) is 101 cm³/mol. The second kappa shape index (κ2) is 7.80. The Hall–Kier alpha value is -2.18. The van der Waals surface area contributed by atoms with Gasteiger partial charge in [0, 0.05) is 5.02 Å². The highest BCUT2D eigenvalue weighted by atomic mass is 35.5. The Morgan fingerprint density at radius 3 is 2.56 bits per heavy atom. The number of nitrogens with one attached hydrogen (secondary N) is 1. The fourth-order valence-corrected chi connectivity index (χ4v) is 3.38. The van der Waals surface area contributed by atoms with Gasteiger partial charge in [-0.3, -0.25) is 4.79 Å². The summed E-state index contributed by atoms with van der Waals surface area (Å²) < 4.78 is 13.0. The van der Waals surface area contributed by atoms with Crippen molar-refractivity contribution in [3.8, 4) is 0 Å². The Balaban J connectivity index is 1.66. The fourth-order valence-electron chi connectivity index (χ4n) is 2.29. The number of halogens is 2. The van der Waals surface area contributed by atoms with Crippen molar-refractivity contribution in [3.63, 3.8) is 0 Å². The Labute approximate surface area is 154 Å². The van der Waals surface area contributed by atoms with Crippen molar-refractivity contribution in [1.82, 2.24) is 5.32 Å². The summed E-state index contributed by atoms with van der Waals surface area (Å²) in [4.78, 5) is 12.1. The van der Waals surface area contributed by atoms with E-state index in [9.17, 15) is 9.18 Å². The summed E-state index contributed by atoms with van der Waals surface area (Å²) >= 11 is 7.19. The van der Waals surface area contributed by atoms with Gasteiger partial charge in [-0.2, -0.15) is 5.10 Å². The Bertz CT molecular complexity index is 834. The molecule has 128 valence electrons. The van der Waals surface area contributed by atoms with Gasteiger partial charge in [0.15, 0.2) is 5.17 Å². The monoisotopic (exact) mass is 375 g/mol. The van der Waals surface area contributed by atoms with Crippen molar-refractivity contribution in [2.45, 2.75) is 18.6 Å². The molecule has 0 unspecified atom stereocenters. The highest BCUT2D eigenvalue weighted by Gasteiger charge is 2.30. The SMILES string of the molecule is C/C(=N/N=C1/NC(=O)[C@@H](Cc2ccc(F)cc2)S1)c1ccc(Cl)cc1. The summed E-state index contributed by atoms with van der Waals surface area (Å²) in [6.07, 6.45) is 0.510. The maximum atomic E-state index is 13.0. The van der Waals surface area contributed by atoms with Crippen LogP contribution in [0.1, 0.15) is 18.1 Å². The van der Waals surface area contributed by atoms with Crippen LogP contribution in [0.4, 0.5) is 4.39 Å². The Morgan fingerprint density at radius 1 is 1.20 bits per heavy atom. The standard InChI is InChI=1S/C18H15ClFN3OS/c1-11(13-4-6-14(19)7-5-13)22-23-18-21-17(24)16(25-18)10-12-2-8-15(20)9-3-12/h2-9,16H,10H2,1H3,(H,21,23,24)/b22-11-/t16-/m1/s1. The van der Waals surface area contributed by atoms with Crippen LogP contribution in [0.3, 0.4) is 0 Å². The molecule has 3 rings (SSSR count). The third-order valence-corrected chi connectivity index (χ3v) is 4.99. The maximum absolute atomic E-state index is 13.0. The van der Waals surface area contributed by atoms with Gasteiger partial charge in [0.1, 0.15) is 5.82 Å². The molecule has 7 heteroatoms. The van der Waals surface area contributed by atoms with Crippen LogP contribution >= 0.6 is 23.4 Å². The van der Waals surface area contributed by atoms with Crippen LogP contribution in [0.15, 0.2) is 58.7 Å². The number of nitrogens with zero attached hydrogens (tertiary/aromatic N) is 2. The molecule has 0 saturated carbocycles. The van der Waals surface area contributed by atoms with Crippen LogP contribution in [-0.2, 0) is 11.2 Å². The number of rotatable bonds is 4. The Morgan fingerprint density at radius 2 is 1.88 bits per heavy atom. The minimum atomic E-state index is -0.296. The zero-order chi connectivity index (χ0) is 17.8. The van der Waals surface area contributed by atoms with Gasteiger partial charge in [-0.15, -0.1) is 5.10 Å². The van der Waals surface area contributed by atoms with Gasteiger partial charge in [-0.05, 0) is 48.7 Å². The van der Waals surface area contributed by atoms with Gasteiger partial charge < -0.3 is 5.32 Å². The lowest BCUT2D eigenvalue weighted by molar-refractivity contribution is -0.118. The summed E-state index contributed by atoms with van der Waals surface area (Å²) in [5.74, 6) is -0.408. The summed E-state index contributed by atoms with van der Waals surface area (Å²) in [7, 11) is 0. The molecule has 1 aliphatic heterocycles. The van der Waals surface area contributed by atoms with E-state index in [1.54, 1.807) is 24.3 Å². The van der Waals surface area contributed by atoms with Gasteiger partial charge in [0.05, 0.1) is 11.0 Å². The normalized spacial score (nSPS) is 19.3. The quantitative estimate of drug-likeness (QED) is 0.647. The van der Waals surface area contributed by atoms with Crippen LogP contribution in [-0.4, -0.2) is 22.0 Å². The van der Waals surface area contributed by atoms with Crippen molar-refractivity contribution < 1.29 is 9.18 Å². The third kappa shape index (κ3) is 4.67. The molecule has 0 bridgehead atoms. The Kier molecular flexibility index (Phi) is 5.50. The van der Waals surface area contributed by atoms with E-state index in [-0.39, 0.29) is 17.0 Å². The summed E-state index contributed by atoms with van der Waals surface area (Å²) in [5.41, 5.74) is 2.53. The van der Waals surface area contributed by atoms with Crippen molar-refractivity contribution >= 4 is 40.1 Å². The van der Waals surface area contributed by atoms with E-state index in [0.29, 0.717) is 16.6 Å². The molecular weight excluding hydrogens is 361 g/mol. The molecule has 2 aromatic carbocycles. The van der Waals surface area contributed by atoms with Crippen LogP contribution in [0.2, 0.25) is 5.02 Å². The summed E-state index contributed by atoms with van der Waals surface area (Å²) in [6, 6.07) is 13.4. The molecule has 1 atom stereocenters. The number of amides is 1. The van der Waals surface area contributed by atoms with Crippen molar-refractivity contribution in [3.05, 3.63) is 70.5 Å². The maximum Gasteiger partial charge on any atom is 0.239 e. The first-order valence-corrected chi connectivity index (χ1v) is 8.87. The van der Waals surface area contributed by atoms with E-state index in [4.69, 9.17) is 11.6 Å². The lowest BCUT2D eigenvalue weighted by Gasteiger charge is -2.04. The summed E-state index contributed by atoms with van der Waals surface area (Å²) in [5, 5.41) is 11.8. The molecule has 4 nitrogen and oxygen atoms in total. The van der Waals surface area contributed by atoms with E-state index in [1.807, 2.05) is 19.1 Å². The van der Waals surface area contributed by atoms with Gasteiger partial charge in [-0.1, -0.05) is 47.6 Å². The second-order valence-electron chi connectivity index (χ2n) is 5.52. The van der Waals surface area contributed by atoms with Crippen LogP contribution in [0, 0.1) is 5.82 Å². The molecule has 0 radical (unpaired) electrons. The molecule has 2 aromatic rings. The number of hydrogen-bond donors (Lipinski definition) is 1. The van der Waals surface area contributed by atoms with E-state index >= 15 is 0 Å². The molecule has 1 aliphatic rings. The van der Waals surface area contributed by atoms with E-state index in [0.717, 1.165) is 16.8 Å². The van der Waals surface area contributed by atoms with E-state index in [1.165, 1.54) is 23.9 Å². The predicted octanol–water partition coefficient (Wildman–Crippen LogP) is 4.03. The smallest absolute Gasteiger partial charge is 0.239 e. The first-order valence-electron chi connectivity index (χ1n) is 7.61. The minimum Gasteiger partial charge on any atom is -0.303 e. The molecule has 1 amide bonds. The molecular formula is C18H15ClFN3OS. The number of thioether (sulfide) groups is 1. The minimum absolute atomic E-state index is 0.118. The lowest BCUT2D eigenvalue weighted by atomic mass is 10.1. The van der Waals surface area contributed by atoms with Crippen LogP contribution < -0.4 is 5.32 Å². The van der Waals surface area contributed by atoms with E-state index in [2.05, 4.69) is 15.5 Å². The lowest BCUT2D eigenvalue weighted by Crippen LogP contribution is -2.26. The van der Waals surface area contributed by atoms with Crippen molar-refractivity contribution in [2.75, 3.05) is 0 Å². The molecule has 1 saturated heterocycles. The first kappa shape index (κ1) is 17.6. The van der Waals surface area contributed by atoms with Crippen LogP contribution in [0.25, 0.3) is 0 Å². The number of benzene rings is 2. The molecule has 0 aliphatic carbocycles. The highest BCUT2D eigenvalue weighted by Crippen LogP contribution is 2.23. The van der Waals surface area contributed by atoms with Gasteiger partial charge in [0.25, 0.3) is 0 Å². The molecule has 1 heterocycles. The summed E-state index contributed by atoms with van der Waals surface area (Å²) in [6.45, 7) is 1.84. The molecule has 1 fully saturated rings. The zero-order valence-corrected chi connectivity index (χ0v) is 14.9. The third-order valence-electron chi connectivity index (χ3n) is 3.66. The van der Waals surface area contributed by atoms with Crippen molar-refractivity contribution in [1.29, 1.82) is 0 Å². The fraction of sp³-hybridized carbons (Fsp3) is 0.167. The first-order chi connectivity index (χ1) is 12.0. The number of hydrogen-bond acceptors (Lipinski definition) is 4. The average molecular weight is 376 g/mol. The molecule has 1 N–H and O–H groups in total. The largest absolute Gasteiger partial charge is 0.303 e. The van der Waals surface area contributed by atoms with E-state index < -0.39 is 0 Å². The van der Waals surface area contributed by atoms with Gasteiger partial charge >= 0.3 is 0 Å². The van der Waals surface area contributed by atoms with Crippen molar-refractivity contribution in [2.24, 2.45) is 10.2 Å². The van der Waals surface area contributed by atoms with Gasteiger partial charge in [-0.25, -0.2) is 4.39 Å². The van der Waals surface area contributed by atoms with Crippen LogP contribution in [0.5, 0.6) is 0 Å². The number of carbonyl (C=O) groups is 1. The molecule has 25 heavy (non-hydrogen) atoms. The topological polar surface area (TPSA) is 53.8 Å². The highest BCUT2D eigenvalue weighted by molar-refractivity contribution is 8.15. The van der Waals surface area contributed by atoms with Gasteiger partial charge in [0.2, 0.25) is 5.91 Å².